The molecule has 0 unspecified atom stereocenters. The van der Waals surface area contributed by atoms with Gasteiger partial charge < -0.3 is 30.4 Å². The number of nitrogens with two attached hydrogens (primary N) is 2. The zero-order valence-corrected chi connectivity index (χ0v) is 16.1. The van der Waals surface area contributed by atoms with Gasteiger partial charge in [-0.15, -0.1) is 23.2 Å². The van der Waals surface area contributed by atoms with E-state index in [9.17, 15) is 9.59 Å². The first-order chi connectivity index (χ1) is 12.4. The van der Waals surface area contributed by atoms with Gasteiger partial charge in [-0.05, 0) is 25.3 Å². The van der Waals surface area contributed by atoms with E-state index >= 15 is 0 Å². The van der Waals surface area contributed by atoms with Crippen molar-refractivity contribution < 1.29 is 28.5 Å². The Hall–Kier alpha value is -1.90. The number of hydrogen-bond donors (Lipinski definition) is 2. The average Bonchev–Trinajstić information content (AvgIpc) is 2.56. The van der Waals surface area contributed by atoms with Crippen LogP contribution in [0.5, 0.6) is 17.2 Å². The van der Waals surface area contributed by atoms with E-state index in [1.807, 2.05) is 0 Å². The van der Waals surface area contributed by atoms with Crippen LogP contribution in [-0.4, -0.2) is 44.3 Å². The molecule has 146 valence electrons. The fourth-order valence-corrected chi connectivity index (χ4v) is 2.84. The molecule has 0 heterocycles. The van der Waals surface area contributed by atoms with Crippen LogP contribution >= 0.6 is 23.2 Å². The van der Waals surface area contributed by atoms with Gasteiger partial charge in [0.2, 0.25) is 5.75 Å². The molecule has 0 bridgehead atoms. The minimum Gasteiger partial charge on any atom is -0.484 e. The highest BCUT2D eigenvalue weighted by atomic mass is 35.5. The van der Waals surface area contributed by atoms with E-state index in [-0.39, 0.29) is 42.2 Å². The van der Waals surface area contributed by atoms with Crippen molar-refractivity contribution in [1.29, 1.82) is 0 Å². The molecule has 0 spiro atoms. The topological polar surface area (TPSA) is 123 Å². The second-order valence-corrected chi connectivity index (χ2v) is 5.89. The molecule has 0 atom stereocenters. The molecule has 0 radical (unpaired) electrons. The van der Waals surface area contributed by atoms with E-state index in [1.165, 1.54) is 7.11 Å². The molecule has 1 rings (SSSR count). The quantitative estimate of drug-likeness (QED) is 0.452. The van der Waals surface area contributed by atoms with Crippen LogP contribution in [0.3, 0.4) is 0 Å². The molecule has 10 heteroatoms. The highest BCUT2D eigenvalue weighted by Crippen LogP contribution is 2.46. The van der Waals surface area contributed by atoms with E-state index in [4.69, 9.17) is 53.6 Å². The van der Waals surface area contributed by atoms with Crippen molar-refractivity contribution in [3.05, 3.63) is 16.7 Å². The molecule has 2 amide bonds. The van der Waals surface area contributed by atoms with Crippen LogP contribution in [0.4, 0.5) is 9.59 Å². The number of alkyl halides is 2. The Kier molecular flexibility index (Phi) is 9.32. The predicted molar refractivity (Wildman–Crippen MR) is 97.8 cm³/mol. The summed E-state index contributed by atoms with van der Waals surface area (Å²) in [7, 11) is 1.50. The number of halogens is 2. The lowest BCUT2D eigenvalue weighted by Crippen LogP contribution is -2.22. The van der Waals surface area contributed by atoms with Crippen LogP contribution in [0, 0.1) is 6.92 Å². The number of carbonyl (C=O) groups excluding carboxylic acids is 2. The SMILES string of the molecule is COCCOc1c(OC(N)=O)c(CCCl)c(C)c(CCCl)c1OC(N)=O. The van der Waals surface area contributed by atoms with Gasteiger partial charge in [-0.2, -0.15) is 0 Å². The number of hydrogen-bond acceptors (Lipinski definition) is 6. The molecular formula is C16H22Cl2N2O6. The third-order valence-electron chi connectivity index (χ3n) is 3.49. The van der Waals surface area contributed by atoms with Gasteiger partial charge in [0.25, 0.3) is 0 Å². The summed E-state index contributed by atoms with van der Waals surface area (Å²) in [5, 5.41) is 0. The Bertz CT molecular complexity index is 607. The van der Waals surface area contributed by atoms with Crippen LogP contribution in [0.1, 0.15) is 16.7 Å². The van der Waals surface area contributed by atoms with E-state index in [1.54, 1.807) is 6.92 Å². The molecule has 0 aromatic heterocycles. The Morgan fingerprint density at radius 2 is 1.35 bits per heavy atom. The standard InChI is InChI=1S/C16H22Cl2N2O6/c1-9-10(3-5-17)12(25-15(19)21)14(24-8-7-23-2)13(26-16(20)22)11(9)4-6-18/h3-8H2,1-2H3,(H2,19,21)(H2,20,22). The number of rotatable bonds is 10. The fraction of sp³-hybridized carbons (Fsp3) is 0.500. The summed E-state index contributed by atoms with van der Waals surface area (Å²) in [5.74, 6) is 0.585. The molecule has 0 fully saturated rings. The molecule has 1 aromatic rings. The van der Waals surface area contributed by atoms with Gasteiger partial charge in [-0.3, -0.25) is 0 Å². The largest absolute Gasteiger partial charge is 0.484 e. The first-order valence-corrected chi connectivity index (χ1v) is 8.80. The van der Waals surface area contributed by atoms with Crippen molar-refractivity contribution in [3.8, 4) is 17.2 Å². The number of carbonyl (C=O) groups is 2. The lowest BCUT2D eigenvalue weighted by molar-refractivity contribution is 0.141. The van der Waals surface area contributed by atoms with Gasteiger partial charge in [0, 0.05) is 30.0 Å². The van der Waals surface area contributed by atoms with Crippen molar-refractivity contribution in [1.82, 2.24) is 0 Å². The maximum absolute atomic E-state index is 11.4. The molecule has 0 saturated heterocycles. The number of amides is 2. The van der Waals surface area contributed by atoms with Gasteiger partial charge in [-0.1, -0.05) is 0 Å². The number of primary amides is 2. The summed E-state index contributed by atoms with van der Waals surface area (Å²) in [6.45, 7) is 2.12. The Morgan fingerprint density at radius 1 is 0.885 bits per heavy atom. The van der Waals surface area contributed by atoms with Crippen molar-refractivity contribution in [2.45, 2.75) is 19.8 Å². The molecule has 26 heavy (non-hydrogen) atoms. The molecule has 4 N–H and O–H groups in total. The second-order valence-electron chi connectivity index (χ2n) is 5.13. The van der Waals surface area contributed by atoms with Crippen molar-refractivity contribution in [2.75, 3.05) is 32.1 Å². The third kappa shape index (κ3) is 5.82. The van der Waals surface area contributed by atoms with Gasteiger partial charge in [0.05, 0.1) is 6.61 Å². The summed E-state index contributed by atoms with van der Waals surface area (Å²) in [5.41, 5.74) is 12.3. The second kappa shape index (κ2) is 10.9. The highest BCUT2D eigenvalue weighted by Gasteiger charge is 2.27. The molecule has 0 saturated carbocycles. The van der Waals surface area contributed by atoms with E-state index in [0.29, 0.717) is 29.5 Å². The fourth-order valence-electron chi connectivity index (χ4n) is 2.47. The molecule has 0 aliphatic rings. The normalized spacial score (nSPS) is 10.5. The minimum absolute atomic E-state index is 0.0190. The van der Waals surface area contributed by atoms with Gasteiger partial charge >= 0.3 is 12.2 Å². The van der Waals surface area contributed by atoms with Crippen LogP contribution in [0.15, 0.2) is 0 Å². The van der Waals surface area contributed by atoms with Crippen molar-refractivity contribution in [2.24, 2.45) is 11.5 Å². The summed E-state index contributed by atoms with van der Waals surface area (Å²) in [6.07, 6.45) is -1.37. The van der Waals surface area contributed by atoms with E-state index in [0.717, 1.165) is 0 Å². The van der Waals surface area contributed by atoms with E-state index in [2.05, 4.69) is 0 Å². The zero-order chi connectivity index (χ0) is 19.7. The molecule has 0 aliphatic carbocycles. The first kappa shape index (κ1) is 22.1. The number of ether oxygens (including phenoxy) is 4. The number of methoxy groups -OCH3 is 1. The Morgan fingerprint density at radius 3 is 1.69 bits per heavy atom. The lowest BCUT2D eigenvalue weighted by Gasteiger charge is -2.23. The Labute approximate surface area is 161 Å². The highest BCUT2D eigenvalue weighted by molar-refractivity contribution is 6.18. The van der Waals surface area contributed by atoms with Crippen molar-refractivity contribution in [3.63, 3.8) is 0 Å². The van der Waals surface area contributed by atoms with Crippen LogP contribution in [0.25, 0.3) is 0 Å². The number of benzene rings is 1. The van der Waals surface area contributed by atoms with Gasteiger partial charge in [0.15, 0.2) is 11.5 Å². The maximum Gasteiger partial charge on any atom is 0.410 e. The monoisotopic (exact) mass is 408 g/mol. The summed E-state index contributed by atoms with van der Waals surface area (Å²) >= 11 is 11.8. The Balaban J connectivity index is 3.70. The summed E-state index contributed by atoms with van der Waals surface area (Å²) < 4.78 is 20.9. The maximum atomic E-state index is 11.4. The lowest BCUT2D eigenvalue weighted by atomic mass is 9.95. The molecular weight excluding hydrogens is 387 g/mol. The minimum atomic E-state index is -1.05. The van der Waals surface area contributed by atoms with Gasteiger partial charge in [0.1, 0.15) is 6.61 Å². The van der Waals surface area contributed by atoms with Crippen molar-refractivity contribution >= 4 is 35.4 Å². The molecule has 1 aromatic carbocycles. The third-order valence-corrected chi connectivity index (χ3v) is 3.87. The van der Waals surface area contributed by atoms with Gasteiger partial charge in [-0.25, -0.2) is 9.59 Å². The van der Waals surface area contributed by atoms with Crippen LogP contribution in [0.2, 0.25) is 0 Å². The summed E-state index contributed by atoms with van der Waals surface area (Å²) in [4.78, 5) is 22.8. The zero-order valence-electron chi connectivity index (χ0n) is 14.6. The molecule has 0 aliphatic heterocycles. The smallest absolute Gasteiger partial charge is 0.410 e. The molecule has 8 nitrogen and oxygen atoms in total. The van der Waals surface area contributed by atoms with Crippen LogP contribution in [-0.2, 0) is 17.6 Å². The average molecular weight is 409 g/mol. The van der Waals surface area contributed by atoms with Crippen LogP contribution < -0.4 is 25.7 Å². The first-order valence-electron chi connectivity index (χ1n) is 7.73. The predicted octanol–water partition coefficient (Wildman–Crippen LogP) is 2.50. The summed E-state index contributed by atoms with van der Waals surface area (Å²) in [6, 6.07) is 0. The van der Waals surface area contributed by atoms with E-state index < -0.39 is 12.2 Å².